The van der Waals surface area contributed by atoms with E-state index in [1.807, 2.05) is 0 Å². The van der Waals surface area contributed by atoms with Crippen LogP contribution < -0.4 is 5.32 Å². The number of amides is 1. The predicted octanol–water partition coefficient (Wildman–Crippen LogP) is 19.8. The maximum Gasteiger partial charge on any atom is 0.220 e. The highest BCUT2D eigenvalue weighted by Gasteiger charge is 2.26. The number of carbonyl (C=O) groups is 1. The van der Waals surface area contributed by atoms with Crippen molar-refractivity contribution >= 4 is 5.91 Å². The minimum Gasteiger partial charge on any atom is -0.394 e. The SMILES string of the molecule is CCCCCCCCCCCCCC/C=C\CCCCCCCCCCCCCCCCC(=O)NC(CO)C(O)C(O)CCCCCCCCCCCCCCCCCCCCCCCCCC. The second-order valence-electron chi connectivity index (χ2n) is 22.0. The minimum absolute atomic E-state index is 0.137. The Hall–Kier alpha value is -0.910. The second kappa shape index (κ2) is 58.7. The van der Waals surface area contributed by atoms with Crippen LogP contribution in [-0.2, 0) is 4.79 Å². The van der Waals surface area contributed by atoms with E-state index in [1.165, 1.54) is 302 Å². The van der Waals surface area contributed by atoms with Crippen LogP contribution in [-0.4, -0.2) is 46.1 Å². The van der Waals surface area contributed by atoms with Gasteiger partial charge in [-0.25, -0.2) is 0 Å². The van der Waals surface area contributed by atoms with E-state index in [0.29, 0.717) is 12.8 Å². The molecule has 0 aliphatic heterocycles. The zero-order chi connectivity index (χ0) is 49.3. The molecule has 0 aromatic heterocycles. The number of allylic oxidation sites excluding steroid dienone is 2. The third-order valence-electron chi connectivity index (χ3n) is 15.1. The molecule has 0 saturated carbocycles. The Morgan fingerprint density at radius 2 is 0.588 bits per heavy atom. The van der Waals surface area contributed by atoms with Gasteiger partial charge in [-0.3, -0.25) is 4.79 Å². The Morgan fingerprint density at radius 3 is 0.853 bits per heavy atom. The van der Waals surface area contributed by atoms with Gasteiger partial charge in [-0.1, -0.05) is 328 Å². The standard InChI is InChI=1S/C63H125NO4/c1-3-5-7-9-11-13-15-17-19-21-23-25-27-29-30-31-32-33-34-36-38-40-42-44-46-48-50-52-54-56-58-62(67)64-60(59-65)63(68)61(66)57-55-53-51-49-47-45-43-41-39-37-35-28-26-24-22-20-18-16-14-12-10-8-6-4-2/h29-30,60-61,63,65-66,68H,3-28,31-59H2,1-2H3,(H,64,67)/b30-29-. The molecular weight excluding hydrogens is 835 g/mol. The molecule has 0 aliphatic rings. The number of carbonyl (C=O) groups excluding carboxylic acids is 1. The number of nitrogens with one attached hydrogen (secondary N) is 1. The number of aliphatic hydroxyl groups excluding tert-OH is 3. The second-order valence-corrected chi connectivity index (χ2v) is 22.0. The molecule has 0 spiro atoms. The normalized spacial score (nSPS) is 13.2. The molecule has 0 bridgehead atoms. The molecule has 0 heterocycles. The van der Waals surface area contributed by atoms with E-state index >= 15 is 0 Å². The van der Waals surface area contributed by atoms with Crippen LogP contribution in [0.2, 0.25) is 0 Å². The lowest BCUT2D eigenvalue weighted by Crippen LogP contribution is -2.50. The molecule has 1 amide bonds. The van der Waals surface area contributed by atoms with Crippen molar-refractivity contribution < 1.29 is 20.1 Å². The van der Waals surface area contributed by atoms with Crippen LogP contribution in [0.4, 0.5) is 0 Å². The molecule has 68 heavy (non-hydrogen) atoms. The first-order chi connectivity index (χ1) is 33.6. The van der Waals surface area contributed by atoms with Crippen molar-refractivity contribution in [1.82, 2.24) is 5.32 Å². The van der Waals surface area contributed by atoms with Crippen LogP contribution >= 0.6 is 0 Å². The van der Waals surface area contributed by atoms with Gasteiger partial charge in [0.1, 0.15) is 6.10 Å². The summed E-state index contributed by atoms with van der Waals surface area (Å²) in [4.78, 5) is 12.6. The maximum atomic E-state index is 12.6. The fourth-order valence-electron chi connectivity index (χ4n) is 10.3. The zero-order valence-corrected chi connectivity index (χ0v) is 46.5. The lowest BCUT2D eigenvalue weighted by atomic mass is 9.99. The van der Waals surface area contributed by atoms with E-state index in [-0.39, 0.29) is 12.5 Å². The van der Waals surface area contributed by atoms with Crippen LogP contribution in [0.1, 0.15) is 361 Å². The average Bonchev–Trinajstić information content (AvgIpc) is 3.34. The molecule has 4 N–H and O–H groups in total. The van der Waals surface area contributed by atoms with Crippen LogP contribution in [0, 0.1) is 0 Å². The molecular formula is C63H125NO4. The Bertz CT molecular complexity index is 971. The van der Waals surface area contributed by atoms with E-state index < -0.39 is 18.2 Å². The van der Waals surface area contributed by atoms with Crippen molar-refractivity contribution in [2.75, 3.05) is 6.61 Å². The van der Waals surface area contributed by atoms with Gasteiger partial charge in [-0.15, -0.1) is 0 Å². The van der Waals surface area contributed by atoms with E-state index in [2.05, 4.69) is 31.3 Å². The summed E-state index contributed by atoms with van der Waals surface area (Å²) < 4.78 is 0. The quantitative estimate of drug-likeness (QED) is 0.0361. The van der Waals surface area contributed by atoms with Gasteiger partial charge >= 0.3 is 0 Å². The molecule has 406 valence electrons. The van der Waals surface area contributed by atoms with Crippen molar-refractivity contribution in [1.29, 1.82) is 0 Å². The summed E-state index contributed by atoms with van der Waals surface area (Å²) in [7, 11) is 0. The summed E-state index contributed by atoms with van der Waals surface area (Å²) in [5.74, 6) is -0.137. The van der Waals surface area contributed by atoms with Gasteiger partial charge < -0.3 is 20.6 Å². The van der Waals surface area contributed by atoms with Gasteiger partial charge in [0, 0.05) is 6.42 Å². The van der Waals surface area contributed by atoms with Crippen LogP contribution in [0.25, 0.3) is 0 Å². The monoisotopic (exact) mass is 960 g/mol. The van der Waals surface area contributed by atoms with E-state index in [4.69, 9.17) is 0 Å². The van der Waals surface area contributed by atoms with Gasteiger partial charge in [0.2, 0.25) is 5.91 Å². The van der Waals surface area contributed by atoms with E-state index in [9.17, 15) is 20.1 Å². The number of rotatable bonds is 59. The summed E-state index contributed by atoms with van der Waals surface area (Å²) in [6.07, 6.45) is 73.9. The van der Waals surface area contributed by atoms with Gasteiger partial charge in [-0.2, -0.15) is 0 Å². The maximum absolute atomic E-state index is 12.6. The fourth-order valence-corrected chi connectivity index (χ4v) is 10.3. The first-order valence-electron chi connectivity index (χ1n) is 31.5. The molecule has 3 atom stereocenters. The van der Waals surface area contributed by atoms with Crippen molar-refractivity contribution in [2.24, 2.45) is 0 Å². The molecule has 0 saturated heterocycles. The topological polar surface area (TPSA) is 89.8 Å². The molecule has 3 unspecified atom stereocenters. The van der Waals surface area contributed by atoms with E-state index in [1.54, 1.807) is 0 Å². The third kappa shape index (κ3) is 52.9. The first kappa shape index (κ1) is 67.1. The summed E-state index contributed by atoms with van der Waals surface area (Å²) in [6, 6.07) is -0.808. The lowest BCUT2D eigenvalue weighted by molar-refractivity contribution is -0.124. The van der Waals surface area contributed by atoms with Gasteiger partial charge in [0.05, 0.1) is 18.8 Å². The molecule has 0 rings (SSSR count). The van der Waals surface area contributed by atoms with Crippen LogP contribution in [0.15, 0.2) is 12.2 Å². The average molecular weight is 961 g/mol. The predicted molar refractivity (Wildman–Crippen MR) is 301 cm³/mol. The van der Waals surface area contributed by atoms with E-state index in [0.717, 1.165) is 32.1 Å². The number of hydrogen-bond donors (Lipinski definition) is 4. The molecule has 5 nitrogen and oxygen atoms in total. The Labute approximate surface area is 427 Å². The minimum atomic E-state index is -1.13. The molecule has 5 heteroatoms. The first-order valence-corrected chi connectivity index (χ1v) is 31.5. The smallest absolute Gasteiger partial charge is 0.220 e. The van der Waals surface area contributed by atoms with Crippen molar-refractivity contribution in [3.05, 3.63) is 12.2 Å². The highest BCUT2D eigenvalue weighted by molar-refractivity contribution is 5.76. The summed E-state index contributed by atoms with van der Waals surface area (Å²) in [5, 5.41) is 33.9. The highest BCUT2D eigenvalue weighted by atomic mass is 16.3. The highest BCUT2D eigenvalue weighted by Crippen LogP contribution is 2.19. The molecule has 0 aliphatic carbocycles. The Morgan fingerprint density at radius 1 is 0.353 bits per heavy atom. The molecule has 0 radical (unpaired) electrons. The number of unbranched alkanes of at least 4 members (excludes halogenated alkanes) is 49. The Balaban J connectivity index is 3.48. The largest absolute Gasteiger partial charge is 0.394 e. The van der Waals surface area contributed by atoms with Crippen molar-refractivity contribution in [3.63, 3.8) is 0 Å². The Kier molecular flexibility index (Phi) is 57.9. The summed E-state index contributed by atoms with van der Waals surface area (Å²) in [6.45, 7) is 4.23. The van der Waals surface area contributed by atoms with Crippen LogP contribution in [0.3, 0.4) is 0 Å². The fraction of sp³-hybridized carbons (Fsp3) is 0.952. The number of aliphatic hydroxyl groups is 3. The lowest BCUT2D eigenvalue weighted by Gasteiger charge is -2.26. The zero-order valence-electron chi connectivity index (χ0n) is 46.5. The van der Waals surface area contributed by atoms with Gasteiger partial charge in [0.25, 0.3) is 0 Å². The van der Waals surface area contributed by atoms with Gasteiger partial charge in [0.15, 0.2) is 0 Å². The molecule has 0 aromatic carbocycles. The van der Waals surface area contributed by atoms with Crippen molar-refractivity contribution in [3.8, 4) is 0 Å². The summed E-state index contributed by atoms with van der Waals surface area (Å²) >= 11 is 0. The number of hydrogen-bond acceptors (Lipinski definition) is 4. The van der Waals surface area contributed by atoms with Crippen molar-refractivity contribution in [2.45, 2.75) is 379 Å². The van der Waals surface area contributed by atoms with Gasteiger partial charge in [-0.05, 0) is 38.5 Å². The summed E-state index contributed by atoms with van der Waals surface area (Å²) in [5.41, 5.74) is 0. The van der Waals surface area contributed by atoms with Crippen LogP contribution in [0.5, 0.6) is 0 Å². The third-order valence-corrected chi connectivity index (χ3v) is 15.1. The molecule has 0 aromatic rings. The molecule has 0 fully saturated rings.